The minimum absolute atomic E-state index is 0.0790. The standard InChI is InChI=1S/C24H26N6O/c1-4-17-6-5-7-18(14-17)27-23-21-15-19(8-9-22(21)25-16-26-23)28-24(31)30-12-10-20(11-13-30)29(2)3/h1,5-9,14-16,20H,10-13H2,2-3H3,(H,28,31)(H,25,26,27). The Bertz CT molecular complexity index is 1130. The summed E-state index contributed by atoms with van der Waals surface area (Å²) >= 11 is 0. The fraction of sp³-hybridized carbons (Fsp3) is 0.292. The van der Waals surface area contributed by atoms with E-state index in [0.29, 0.717) is 17.5 Å². The van der Waals surface area contributed by atoms with Gasteiger partial charge >= 0.3 is 6.03 Å². The van der Waals surface area contributed by atoms with E-state index in [9.17, 15) is 4.79 Å². The van der Waals surface area contributed by atoms with E-state index in [-0.39, 0.29) is 6.03 Å². The lowest BCUT2D eigenvalue weighted by molar-refractivity contribution is 0.156. The topological polar surface area (TPSA) is 73.4 Å². The number of carbonyl (C=O) groups is 1. The third-order valence-corrected chi connectivity index (χ3v) is 5.66. The highest BCUT2D eigenvalue weighted by molar-refractivity contribution is 5.96. The Kier molecular flexibility index (Phi) is 6.01. The van der Waals surface area contributed by atoms with Crippen LogP contribution in [0.2, 0.25) is 0 Å². The van der Waals surface area contributed by atoms with Gasteiger partial charge in [0, 0.05) is 41.5 Å². The highest BCUT2D eigenvalue weighted by atomic mass is 16.2. The van der Waals surface area contributed by atoms with Crippen LogP contribution in [0.4, 0.5) is 22.0 Å². The smallest absolute Gasteiger partial charge is 0.321 e. The van der Waals surface area contributed by atoms with Gasteiger partial charge < -0.3 is 20.4 Å². The molecule has 3 aromatic rings. The number of terminal acetylenes is 1. The molecule has 0 bridgehead atoms. The van der Waals surface area contributed by atoms with Crippen molar-refractivity contribution in [3.63, 3.8) is 0 Å². The fourth-order valence-electron chi connectivity index (χ4n) is 3.85. The molecule has 2 aromatic carbocycles. The number of likely N-dealkylation sites (tertiary alicyclic amines) is 1. The Hall–Kier alpha value is -3.63. The summed E-state index contributed by atoms with van der Waals surface area (Å²) in [6.45, 7) is 1.51. The molecule has 1 fully saturated rings. The van der Waals surface area contributed by atoms with Gasteiger partial charge in [-0.2, -0.15) is 0 Å². The zero-order valence-corrected chi connectivity index (χ0v) is 17.8. The number of fused-ring (bicyclic) bond motifs is 1. The lowest BCUT2D eigenvalue weighted by Crippen LogP contribution is -2.46. The minimum Gasteiger partial charge on any atom is -0.340 e. The number of anilines is 3. The zero-order valence-electron chi connectivity index (χ0n) is 17.8. The molecule has 0 aliphatic carbocycles. The number of piperidine rings is 1. The molecule has 2 N–H and O–H groups in total. The van der Waals surface area contributed by atoms with Crippen LogP contribution in [0.3, 0.4) is 0 Å². The predicted molar refractivity (Wildman–Crippen MR) is 124 cm³/mol. The molecule has 0 atom stereocenters. The van der Waals surface area contributed by atoms with Crippen molar-refractivity contribution < 1.29 is 4.79 Å². The predicted octanol–water partition coefficient (Wildman–Crippen LogP) is 3.91. The average molecular weight is 415 g/mol. The quantitative estimate of drug-likeness (QED) is 0.633. The van der Waals surface area contributed by atoms with Crippen LogP contribution in [0.25, 0.3) is 10.9 Å². The van der Waals surface area contributed by atoms with E-state index in [2.05, 4.69) is 45.5 Å². The second-order valence-corrected chi connectivity index (χ2v) is 7.92. The van der Waals surface area contributed by atoms with Crippen molar-refractivity contribution in [1.82, 2.24) is 19.8 Å². The third-order valence-electron chi connectivity index (χ3n) is 5.66. The summed E-state index contributed by atoms with van der Waals surface area (Å²) in [7, 11) is 4.18. The van der Waals surface area contributed by atoms with Gasteiger partial charge in [-0.25, -0.2) is 14.8 Å². The Labute approximate surface area is 182 Å². The molecule has 2 heterocycles. The summed E-state index contributed by atoms with van der Waals surface area (Å²) in [6, 6.07) is 13.7. The summed E-state index contributed by atoms with van der Waals surface area (Å²) < 4.78 is 0. The van der Waals surface area contributed by atoms with Gasteiger partial charge in [-0.05, 0) is 63.3 Å². The van der Waals surface area contributed by atoms with Crippen molar-refractivity contribution >= 4 is 34.1 Å². The van der Waals surface area contributed by atoms with Crippen LogP contribution in [-0.4, -0.2) is 59.0 Å². The number of aromatic nitrogens is 2. The van der Waals surface area contributed by atoms with Crippen molar-refractivity contribution in [1.29, 1.82) is 0 Å². The number of hydrogen-bond acceptors (Lipinski definition) is 5. The first-order chi connectivity index (χ1) is 15.0. The first kappa shape index (κ1) is 20.6. The minimum atomic E-state index is -0.0790. The Morgan fingerprint density at radius 2 is 1.94 bits per heavy atom. The molecular formula is C24H26N6O. The molecule has 1 aliphatic rings. The lowest BCUT2D eigenvalue weighted by Gasteiger charge is -2.35. The van der Waals surface area contributed by atoms with Gasteiger partial charge in [0.15, 0.2) is 0 Å². The molecule has 0 unspecified atom stereocenters. The van der Waals surface area contributed by atoms with Gasteiger partial charge in [0.05, 0.1) is 5.52 Å². The van der Waals surface area contributed by atoms with Crippen LogP contribution in [-0.2, 0) is 0 Å². The Balaban J connectivity index is 1.51. The highest BCUT2D eigenvalue weighted by Gasteiger charge is 2.24. The maximum absolute atomic E-state index is 12.8. The van der Waals surface area contributed by atoms with E-state index < -0.39 is 0 Å². The van der Waals surface area contributed by atoms with Gasteiger partial charge in [0.1, 0.15) is 12.1 Å². The number of carbonyl (C=O) groups excluding carboxylic acids is 1. The molecule has 1 aromatic heterocycles. The molecular weight excluding hydrogens is 388 g/mol. The molecule has 0 radical (unpaired) electrons. The fourth-order valence-corrected chi connectivity index (χ4v) is 3.85. The maximum atomic E-state index is 12.8. The summed E-state index contributed by atoms with van der Waals surface area (Å²) in [6.07, 6.45) is 8.99. The second kappa shape index (κ2) is 9.02. The van der Waals surface area contributed by atoms with Gasteiger partial charge in [0.25, 0.3) is 0 Å². The van der Waals surface area contributed by atoms with Crippen LogP contribution in [0.5, 0.6) is 0 Å². The molecule has 2 amide bonds. The first-order valence-corrected chi connectivity index (χ1v) is 10.3. The molecule has 7 nitrogen and oxygen atoms in total. The van der Waals surface area contributed by atoms with E-state index in [1.54, 1.807) is 0 Å². The van der Waals surface area contributed by atoms with Crippen molar-refractivity contribution in [2.75, 3.05) is 37.8 Å². The molecule has 158 valence electrons. The van der Waals surface area contributed by atoms with Gasteiger partial charge in [-0.15, -0.1) is 6.42 Å². The van der Waals surface area contributed by atoms with Crippen molar-refractivity contribution in [2.24, 2.45) is 0 Å². The number of hydrogen-bond donors (Lipinski definition) is 2. The summed E-state index contributed by atoms with van der Waals surface area (Å²) in [5, 5.41) is 7.14. The summed E-state index contributed by atoms with van der Waals surface area (Å²) in [4.78, 5) is 25.6. The third kappa shape index (κ3) is 4.76. The summed E-state index contributed by atoms with van der Waals surface area (Å²) in [5.74, 6) is 3.29. The largest absolute Gasteiger partial charge is 0.340 e. The van der Waals surface area contributed by atoms with Crippen LogP contribution in [0.1, 0.15) is 18.4 Å². The van der Waals surface area contributed by atoms with Crippen LogP contribution < -0.4 is 10.6 Å². The van der Waals surface area contributed by atoms with Gasteiger partial charge in [0.2, 0.25) is 0 Å². The van der Waals surface area contributed by atoms with Crippen molar-refractivity contribution in [3.05, 3.63) is 54.4 Å². The molecule has 1 aliphatic heterocycles. The Morgan fingerprint density at radius 3 is 2.68 bits per heavy atom. The highest BCUT2D eigenvalue weighted by Crippen LogP contribution is 2.26. The van der Waals surface area contributed by atoms with Crippen LogP contribution in [0, 0.1) is 12.3 Å². The first-order valence-electron chi connectivity index (χ1n) is 10.3. The Morgan fingerprint density at radius 1 is 1.13 bits per heavy atom. The number of urea groups is 1. The van der Waals surface area contributed by atoms with Crippen LogP contribution in [0.15, 0.2) is 48.8 Å². The van der Waals surface area contributed by atoms with E-state index in [0.717, 1.165) is 48.1 Å². The van der Waals surface area contributed by atoms with Crippen LogP contribution >= 0.6 is 0 Å². The lowest BCUT2D eigenvalue weighted by atomic mass is 10.0. The molecule has 7 heteroatoms. The SMILES string of the molecule is C#Cc1cccc(Nc2ncnc3ccc(NC(=O)N4CCC(N(C)C)CC4)cc23)c1. The van der Waals surface area contributed by atoms with E-state index in [1.807, 2.05) is 47.4 Å². The molecule has 1 saturated heterocycles. The van der Waals surface area contributed by atoms with Crippen molar-refractivity contribution in [3.8, 4) is 12.3 Å². The molecule has 4 rings (SSSR count). The number of rotatable bonds is 4. The zero-order chi connectivity index (χ0) is 21.8. The number of nitrogens with one attached hydrogen (secondary N) is 2. The van der Waals surface area contributed by atoms with Gasteiger partial charge in [-0.3, -0.25) is 0 Å². The van der Waals surface area contributed by atoms with E-state index in [1.165, 1.54) is 6.33 Å². The number of nitrogens with zero attached hydrogens (tertiary/aromatic N) is 4. The van der Waals surface area contributed by atoms with Gasteiger partial charge in [-0.1, -0.05) is 12.0 Å². The number of benzene rings is 2. The average Bonchev–Trinajstić information content (AvgIpc) is 2.79. The van der Waals surface area contributed by atoms with Crippen molar-refractivity contribution in [2.45, 2.75) is 18.9 Å². The monoisotopic (exact) mass is 414 g/mol. The maximum Gasteiger partial charge on any atom is 0.321 e. The van der Waals surface area contributed by atoms with E-state index in [4.69, 9.17) is 6.42 Å². The molecule has 0 spiro atoms. The molecule has 31 heavy (non-hydrogen) atoms. The van der Waals surface area contributed by atoms with E-state index >= 15 is 0 Å². The summed E-state index contributed by atoms with van der Waals surface area (Å²) in [5.41, 5.74) is 3.13. The molecule has 0 saturated carbocycles. The normalized spacial score (nSPS) is 14.5. The number of amides is 2. The second-order valence-electron chi connectivity index (χ2n) is 7.92.